The lowest BCUT2D eigenvalue weighted by Gasteiger charge is -1.95. The smallest absolute Gasteiger partial charge is 0.335 e. The summed E-state index contributed by atoms with van der Waals surface area (Å²) < 4.78 is 1.60. The number of hydrogen-bond donors (Lipinski definition) is 1. The van der Waals surface area contributed by atoms with Crippen molar-refractivity contribution in [3.8, 4) is 0 Å². The zero-order valence-electron chi connectivity index (χ0n) is 7.36. The van der Waals surface area contributed by atoms with Crippen LogP contribution < -0.4 is 0 Å². The molecule has 2 aromatic rings. The van der Waals surface area contributed by atoms with Gasteiger partial charge in [-0.15, -0.1) is 0 Å². The predicted molar refractivity (Wildman–Crippen MR) is 52.7 cm³/mol. The maximum Gasteiger partial charge on any atom is 0.335 e. The molecule has 5 heteroatoms. The van der Waals surface area contributed by atoms with Gasteiger partial charge in [0, 0.05) is 18.6 Å². The van der Waals surface area contributed by atoms with Gasteiger partial charge in [0.1, 0.15) is 5.52 Å². The molecule has 0 aliphatic heterocycles. The van der Waals surface area contributed by atoms with E-state index >= 15 is 0 Å². The number of carboxylic acids is 1. The standard InChI is InChI=1S/C9H7ClN2O2/c1-12-4-6-2-5(9(13)14)3-7(10)8(6)11-12/h2-4H,1H3,(H,13,14). The summed E-state index contributed by atoms with van der Waals surface area (Å²) in [7, 11) is 1.76. The summed E-state index contributed by atoms with van der Waals surface area (Å²) in [6.07, 6.45) is 1.73. The first-order valence-electron chi connectivity index (χ1n) is 3.94. The van der Waals surface area contributed by atoms with Crippen LogP contribution in [0.3, 0.4) is 0 Å². The molecular weight excluding hydrogens is 204 g/mol. The molecule has 2 rings (SSSR count). The van der Waals surface area contributed by atoms with Crippen molar-refractivity contribution >= 4 is 28.5 Å². The van der Waals surface area contributed by atoms with E-state index in [1.54, 1.807) is 24.0 Å². The lowest BCUT2D eigenvalue weighted by molar-refractivity contribution is 0.0697. The Morgan fingerprint density at radius 2 is 2.29 bits per heavy atom. The topological polar surface area (TPSA) is 55.1 Å². The van der Waals surface area contributed by atoms with Crippen LogP contribution in [0.25, 0.3) is 10.9 Å². The monoisotopic (exact) mass is 210 g/mol. The highest BCUT2D eigenvalue weighted by atomic mass is 35.5. The van der Waals surface area contributed by atoms with E-state index in [1.165, 1.54) is 6.07 Å². The van der Waals surface area contributed by atoms with Crippen molar-refractivity contribution in [3.05, 3.63) is 28.9 Å². The maximum absolute atomic E-state index is 10.7. The molecule has 1 aromatic carbocycles. The molecule has 1 heterocycles. The van der Waals surface area contributed by atoms with Gasteiger partial charge in [-0.05, 0) is 12.1 Å². The number of rotatable bonds is 1. The maximum atomic E-state index is 10.7. The third-order valence-corrected chi connectivity index (χ3v) is 2.21. The van der Waals surface area contributed by atoms with Gasteiger partial charge in [-0.25, -0.2) is 4.79 Å². The van der Waals surface area contributed by atoms with Gasteiger partial charge in [-0.1, -0.05) is 11.6 Å². The fraction of sp³-hybridized carbons (Fsp3) is 0.111. The molecule has 1 N–H and O–H groups in total. The molecule has 72 valence electrons. The van der Waals surface area contributed by atoms with Crippen molar-refractivity contribution < 1.29 is 9.90 Å². The van der Waals surface area contributed by atoms with E-state index in [4.69, 9.17) is 16.7 Å². The summed E-state index contributed by atoms with van der Waals surface area (Å²) in [5.41, 5.74) is 0.801. The first-order chi connectivity index (χ1) is 6.58. The van der Waals surface area contributed by atoms with E-state index < -0.39 is 5.97 Å². The van der Waals surface area contributed by atoms with E-state index in [0.29, 0.717) is 10.5 Å². The predicted octanol–water partition coefficient (Wildman–Crippen LogP) is 1.92. The van der Waals surface area contributed by atoms with E-state index in [1.807, 2.05) is 0 Å². The fourth-order valence-electron chi connectivity index (χ4n) is 1.34. The summed E-state index contributed by atoms with van der Waals surface area (Å²) in [4.78, 5) is 10.7. The lowest BCUT2D eigenvalue weighted by atomic mass is 10.1. The Kier molecular flexibility index (Phi) is 1.93. The molecule has 0 saturated heterocycles. The average molecular weight is 211 g/mol. The normalized spacial score (nSPS) is 10.7. The minimum absolute atomic E-state index is 0.176. The second kappa shape index (κ2) is 2.99. The van der Waals surface area contributed by atoms with E-state index in [-0.39, 0.29) is 5.56 Å². The lowest BCUT2D eigenvalue weighted by Crippen LogP contribution is -1.95. The number of nitrogens with zero attached hydrogens (tertiary/aromatic N) is 2. The number of aryl methyl sites for hydroxylation is 1. The largest absolute Gasteiger partial charge is 0.478 e. The summed E-state index contributed by atoms with van der Waals surface area (Å²) >= 11 is 5.88. The Morgan fingerprint density at radius 1 is 1.57 bits per heavy atom. The molecule has 0 radical (unpaired) electrons. The molecule has 0 saturated carbocycles. The highest BCUT2D eigenvalue weighted by Gasteiger charge is 2.09. The number of halogens is 1. The number of aromatic carboxylic acids is 1. The fourth-order valence-corrected chi connectivity index (χ4v) is 1.60. The summed E-state index contributed by atoms with van der Waals surface area (Å²) in [5.74, 6) is -0.988. The van der Waals surface area contributed by atoms with Gasteiger partial charge in [-0.2, -0.15) is 5.10 Å². The number of carbonyl (C=O) groups is 1. The summed E-state index contributed by atoms with van der Waals surface area (Å²) in [6, 6.07) is 2.95. The van der Waals surface area contributed by atoms with Crippen molar-refractivity contribution in [2.75, 3.05) is 0 Å². The average Bonchev–Trinajstić information content (AvgIpc) is 2.45. The third-order valence-electron chi connectivity index (χ3n) is 1.92. The molecule has 0 aliphatic rings. The van der Waals surface area contributed by atoms with Crippen LogP contribution in [0.2, 0.25) is 5.02 Å². The number of fused-ring (bicyclic) bond motifs is 1. The Hall–Kier alpha value is -1.55. The summed E-state index contributed by atoms with van der Waals surface area (Å²) in [6.45, 7) is 0. The molecule has 1 aromatic heterocycles. The Balaban J connectivity index is 2.77. The van der Waals surface area contributed by atoms with Crippen LogP contribution in [0.4, 0.5) is 0 Å². The van der Waals surface area contributed by atoms with Crippen molar-refractivity contribution in [3.63, 3.8) is 0 Å². The van der Waals surface area contributed by atoms with Crippen LogP contribution in [-0.4, -0.2) is 20.9 Å². The van der Waals surface area contributed by atoms with Crippen LogP contribution >= 0.6 is 11.6 Å². The van der Waals surface area contributed by atoms with Gasteiger partial charge >= 0.3 is 5.97 Å². The van der Waals surface area contributed by atoms with E-state index in [0.717, 1.165) is 5.39 Å². The number of hydrogen-bond acceptors (Lipinski definition) is 2. The van der Waals surface area contributed by atoms with Crippen LogP contribution in [0.1, 0.15) is 10.4 Å². The van der Waals surface area contributed by atoms with Crippen molar-refractivity contribution in [1.82, 2.24) is 9.78 Å². The zero-order chi connectivity index (χ0) is 10.3. The summed E-state index contributed by atoms with van der Waals surface area (Å²) in [5, 5.41) is 14.0. The molecule has 0 bridgehead atoms. The Morgan fingerprint density at radius 3 is 2.93 bits per heavy atom. The number of carboxylic acid groups (broad SMARTS) is 1. The minimum Gasteiger partial charge on any atom is -0.478 e. The van der Waals surface area contributed by atoms with E-state index in [9.17, 15) is 4.79 Å². The first-order valence-corrected chi connectivity index (χ1v) is 4.32. The molecule has 0 amide bonds. The highest BCUT2D eigenvalue weighted by Crippen LogP contribution is 2.23. The SMILES string of the molecule is Cn1cc2cc(C(=O)O)cc(Cl)c2n1. The zero-order valence-corrected chi connectivity index (χ0v) is 8.12. The van der Waals surface area contributed by atoms with Gasteiger partial charge in [0.25, 0.3) is 0 Å². The molecule has 0 unspecified atom stereocenters. The van der Waals surface area contributed by atoms with Gasteiger partial charge in [0.15, 0.2) is 0 Å². The quantitative estimate of drug-likeness (QED) is 0.783. The second-order valence-electron chi connectivity index (χ2n) is 3.00. The molecule has 0 aliphatic carbocycles. The van der Waals surface area contributed by atoms with Gasteiger partial charge < -0.3 is 5.11 Å². The van der Waals surface area contributed by atoms with Crippen LogP contribution in [0, 0.1) is 0 Å². The van der Waals surface area contributed by atoms with Crippen molar-refractivity contribution in [2.45, 2.75) is 0 Å². The van der Waals surface area contributed by atoms with Crippen molar-refractivity contribution in [2.24, 2.45) is 7.05 Å². The number of benzene rings is 1. The molecule has 14 heavy (non-hydrogen) atoms. The van der Waals surface area contributed by atoms with Gasteiger partial charge in [-0.3, -0.25) is 4.68 Å². The molecule has 0 fully saturated rings. The minimum atomic E-state index is -0.988. The van der Waals surface area contributed by atoms with Crippen LogP contribution in [0.5, 0.6) is 0 Å². The molecule has 0 atom stereocenters. The third kappa shape index (κ3) is 1.33. The Labute approximate surface area is 84.7 Å². The first kappa shape index (κ1) is 9.02. The Bertz CT molecular complexity index is 519. The number of aromatic nitrogens is 2. The van der Waals surface area contributed by atoms with Gasteiger partial charge in [0.05, 0.1) is 10.6 Å². The van der Waals surface area contributed by atoms with E-state index in [2.05, 4.69) is 5.10 Å². The van der Waals surface area contributed by atoms with Crippen molar-refractivity contribution in [1.29, 1.82) is 0 Å². The van der Waals surface area contributed by atoms with Crippen LogP contribution in [0.15, 0.2) is 18.3 Å². The molecular formula is C9H7ClN2O2. The van der Waals surface area contributed by atoms with Gasteiger partial charge in [0.2, 0.25) is 0 Å². The molecule has 0 spiro atoms. The second-order valence-corrected chi connectivity index (χ2v) is 3.41. The highest BCUT2D eigenvalue weighted by molar-refractivity contribution is 6.35. The molecule has 4 nitrogen and oxygen atoms in total. The van der Waals surface area contributed by atoms with Crippen LogP contribution in [-0.2, 0) is 7.05 Å².